The van der Waals surface area contributed by atoms with E-state index in [0.717, 1.165) is 31.7 Å². The summed E-state index contributed by atoms with van der Waals surface area (Å²) in [6.07, 6.45) is 6.01. The average molecular weight is 222 g/mol. The van der Waals surface area contributed by atoms with Crippen LogP contribution in [-0.2, 0) is 6.54 Å². The number of nitrogens with one attached hydrogen (secondary N) is 1. The molecule has 1 atom stereocenters. The maximum atomic E-state index is 5.82. The van der Waals surface area contributed by atoms with E-state index in [4.69, 9.17) is 4.74 Å². The van der Waals surface area contributed by atoms with Gasteiger partial charge in [-0.25, -0.2) is 0 Å². The van der Waals surface area contributed by atoms with E-state index in [-0.39, 0.29) is 6.10 Å². The Morgan fingerprint density at radius 3 is 2.94 bits per heavy atom. The maximum Gasteiger partial charge on any atom is 0.142 e. The van der Waals surface area contributed by atoms with Crippen molar-refractivity contribution in [1.82, 2.24) is 10.3 Å². The van der Waals surface area contributed by atoms with Crippen molar-refractivity contribution in [2.75, 3.05) is 6.54 Å². The molecule has 90 valence electrons. The van der Waals surface area contributed by atoms with Crippen LogP contribution in [0.3, 0.4) is 0 Å². The zero-order valence-corrected chi connectivity index (χ0v) is 10.5. The van der Waals surface area contributed by atoms with Gasteiger partial charge >= 0.3 is 0 Å². The smallest absolute Gasteiger partial charge is 0.142 e. The average Bonchev–Trinajstić information content (AvgIpc) is 2.31. The molecule has 0 aromatic carbocycles. The summed E-state index contributed by atoms with van der Waals surface area (Å²) in [6.45, 7) is 8.25. The zero-order chi connectivity index (χ0) is 11.8. The molecule has 1 aromatic heterocycles. The van der Waals surface area contributed by atoms with Gasteiger partial charge in [0.1, 0.15) is 5.75 Å². The van der Waals surface area contributed by atoms with Gasteiger partial charge in [-0.05, 0) is 32.4 Å². The molecular weight excluding hydrogens is 200 g/mol. The van der Waals surface area contributed by atoms with Crippen molar-refractivity contribution in [3.05, 3.63) is 24.0 Å². The largest absolute Gasteiger partial charge is 0.489 e. The van der Waals surface area contributed by atoms with Crippen LogP contribution in [0.4, 0.5) is 0 Å². The number of hydrogen-bond donors (Lipinski definition) is 1. The number of rotatable bonds is 7. The molecule has 0 radical (unpaired) electrons. The molecule has 0 saturated carbocycles. The Morgan fingerprint density at radius 1 is 1.44 bits per heavy atom. The molecule has 0 aliphatic carbocycles. The van der Waals surface area contributed by atoms with Gasteiger partial charge in [-0.15, -0.1) is 0 Å². The SMILES string of the molecule is CCCNCc1ccncc1OC(C)CC. The van der Waals surface area contributed by atoms with Crippen molar-refractivity contribution in [3.8, 4) is 5.75 Å². The summed E-state index contributed by atoms with van der Waals surface area (Å²) >= 11 is 0. The Balaban J connectivity index is 2.60. The van der Waals surface area contributed by atoms with Gasteiger partial charge in [-0.2, -0.15) is 0 Å². The monoisotopic (exact) mass is 222 g/mol. The lowest BCUT2D eigenvalue weighted by Gasteiger charge is -2.15. The van der Waals surface area contributed by atoms with Crippen LogP contribution in [0.15, 0.2) is 18.5 Å². The second-order valence-corrected chi connectivity index (χ2v) is 4.00. The van der Waals surface area contributed by atoms with Crippen molar-refractivity contribution in [2.45, 2.75) is 46.3 Å². The van der Waals surface area contributed by atoms with Crippen molar-refractivity contribution in [2.24, 2.45) is 0 Å². The molecule has 3 heteroatoms. The molecule has 0 amide bonds. The Hall–Kier alpha value is -1.09. The van der Waals surface area contributed by atoms with E-state index in [2.05, 4.69) is 31.1 Å². The summed E-state index contributed by atoms with van der Waals surface area (Å²) in [7, 11) is 0. The summed E-state index contributed by atoms with van der Waals surface area (Å²) < 4.78 is 5.82. The lowest BCUT2D eigenvalue weighted by atomic mass is 10.2. The molecule has 0 saturated heterocycles. The van der Waals surface area contributed by atoms with Crippen LogP contribution in [-0.4, -0.2) is 17.6 Å². The normalized spacial score (nSPS) is 12.4. The summed E-state index contributed by atoms with van der Waals surface area (Å²) in [4.78, 5) is 4.11. The second-order valence-electron chi connectivity index (χ2n) is 4.00. The number of hydrogen-bond acceptors (Lipinski definition) is 3. The highest BCUT2D eigenvalue weighted by molar-refractivity contribution is 5.29. The van der Waals surface area contributed by atoms with Gasteiger partial charge in [0.2, 0.25) is 0 Å². The highest BCUT2D eigenvalue weighted by atomic mass is 16.5. The molecule has 3 nitrogen and oxygen atoms in total. The van der Waals surface area contributed by atoms with Gasteiger partial charge in [-0.1, -0.05) is 13.8 Å². The van der Waals surface area contributed by atoms with Crippen LogP contribution in [0, 0.1) is 0 Å². The molecule has 0 bridgehead atoms. The van der Waals surface area contributed by atoms with Gasteiger partial charge in [0.05, 0.1) is 12.3 Å². The van der Waals surface area contributed by atoms with Crippen LogP contribution >= 0.6 is 0 Å². The fourth-order valence-electron chi connectivity index (χ4n) is 1.36. The highest BCUT2D eigenvalue weighted by Gasteiger charge is 2.06. The van der Waals surface area contributed by atoms with Crippen LogP contribution in [0.1, 0.15) is 39.2 Å². The van der Waals surface area contributed by atoms with E-state index in [1.165, 1.54) is 5.56 Å². The first-order valence-electron chi connectivity index (χ1n) is 6.08. The number of ether oxygens (including phenoxy) is 1. The quantitative estimate of drug-likeness (QED) is 0.720. The fraction of sp³-hybridized carbons (Fsp3) is 0.615. The standard InChI is InChI=1S/C13H22N2O/c1-4-7-14-9-12-6-8-15-10-13(12)16-11(3)5-2/h6,8,10-11,14H,4-5,7,9H2,1-3H3. The molecule has 1 N–H and O–H groups in total. The van der Waals surface area contributed by atoms with Crippen LogP contribution in [0.2, 0.25) is 0 Å². The number of aromatic nitrogens is 1. The zero-order valence-electron chi connectivity index (χ0n) is 10.5. The molecule has 1 heterocycles. The minimum Gasteiger partial charge on any atom is -0.489 e. The van der Waals surface area contributed by atoms with E-state index in [1.54, 1.807) is 6.20 Å². The van der Waals surface area contributed by atoms with E-state index in [0.29, 0.717) is 0 Å². The maximum absolute atomic E-state index is 5.82. The lowest BCUT2D eigenvalue weighted by molar-refractivity contribution is 0.214. The number of pyridine rings is 1. The third kappa shape index (κ3) is 4.19. The second kappa shape index (κ2) is 7.23. The molecule has 1 aromatic rings. The van der Waals surface area contributed by atoms with E-state index >= 15 is 0 Å². The van der Waals surface area contributed by atoms with Crippen LogP contribution < -0.4 is 10.1 Å². The van der Waals surface area contributed by atoms with Gasteiger partial charge < -0.3 is 10.1 Å². The fourth-order valence-corrected chi connectivity index (χ4v) is 1.36. The first-order valence-corrected chi connectivity index (χ1v) is 6.08. The Bertz CT molecular complexity index is 302. The molecular formula is C13H22N2O. The molecule has 16 heavy (non-hydrogen) atoms. The Morgan fingerprint density at radius 2 is 2.25 bits per heavy atom. The van der Waals surface area contributed by atoms with Crippen molar-refractivity contribution in [3.63, 3.8) is 0 Å². The van der Waals surface area contributed by atoms with Gasteiger partial charge in [0, 0.05) is 18.3 Å². The first-order chi connectivity index (χ1) is 7.77. The predicted octanol–water partition coefficient (Wildman–Crippen LogP) is 2.76. The van der Waals surface area contributed by atoms with Gasteiger partial charge in [0.25, 0.3) is 0 Å². The predicted molar refractivity (Wildman–Crippen MR) is 66.6 cm³/mol. The third-order valence-electron chi connectivity index (χ3n) is 2.52. The van der Waals surface area contributed by atoms with Crippen molar-refractivity contribution >= 4 is 0 Å². The first kappa shape index (κ1) is 13.0. The highest BCUT2D eigenvalue weighted by Crippen LogP contribution is 2.18. The summed E-state index contributed by atoms with van der Waals surface area (Å²) in [6, 6.07) is 2.01. The Kier molecular flexibility index (Phi) is 5.86. The van der Waals surface area contributed by atoms with E-state index < -0.39 is 0 Å². The molecule has 0 fully saturated rings. The van der Waals surface area contributed by atoms with Crippen LogP contribution in [0.25, 0.3) is 0 Å². The summed E-state index contributed by atoms with van der Waals surface area (Å²) in [5.41, 5.74) is 1.18. The minimum atomic E-state index is 0.245. The van der Waals surface area contributed by atoms with E-state index in [9.17, 15) is 0 Å². The number of nitrogens with zero attached hydrogens (tertiary/aromatic N) is 1. The van der Waals surface area contributed by atoms with Gasteiger partial charge in [0.15, 0.2) is 0 Å². The molecule has 1 unspecified atom stereocenters. The topological polar surface area (TPSA) is 34.2 Å². The van der Waals surface area contributed by atoms with Crippen molar-refractivity contribution in [1.29, 1.82) is 0 Å². The molecule has 0 aliphatic rings. The van der Waals surface area contributed by atoms with Crippen molar-refractivity contribution < 1.29 is 4.74 Å². The Labute approximate surface area is 98.2 Å². The lowest BCUT2D eigenvalue weighted by Crippen LogP contribution is -2.17. The van der Waals surface area contributed by atoms with Crippen LogP contribution in [0.5, 0.6) is 5.75 Å². The third-order valence-corrected chi connectivity index (χ3v) is 2.52. The molecule has 1 rings (SSSR count). The molecule has 0 spiro atoms. The summed E-state index contributed by atoms with van der Waals surface area (Å²) in [5, 5.41) is 3.38. The van der Waals surface area contributed by atoms with Gasteiger partial charge in [-0.3, -0.25) is 4.98 Å². The summed E-state index contributed by atoms with van der Waals surface area (Å²) in [5.74, 6) is 0.903. The van der Waals surface area contributed by atoms with E-state index in [1.807, 2.05) is 12.3 Å². The molecule has 0 aliphatic heterocycles. The minimum absolute atomic E-state index is 0.245.